The molecule has 0 spiro atoms. The Labute approximate surface area is 159 Å². The van der Waals surface area contributed by atoms with E-state index in [0.717, 1.165) is 28.7 Å². The molecule has 0 aliphatic rings. The zero-order chi connectivity index (χ0) is 19.6. The number of hydrogen-bond donors (Lipinski definition) is 1. The van der Waals surface area contributed by atoms with Crippen molar-refractivity contribution in [2.75, 3.05) is 19.0 Å². The molecule has 0 aliphatic carbocycles. The highest BCUT2D eigenvalue weighted by atomic mass is 19.1. The summed E-state index contributed by atoms with van der Waals surface area (Å²) in [4.78, 5) is 7.98. The van der Waals surface area contributed by atoms with Crippen molar-refractivity contribution in [3.63, 3.8) is 0 Å². The topological polar surface area (TPSA) is 56.3 Å². The van der Waals surface area contributed by atoms with Crippen molar-refractivity contribution in [3.8, 4) is 11.8 Å². The number of hydrogen-bond acceptors (Lipinski definition) is 5. The summed E-state index contributed by atoms with van der Waals surface area (Å²) in [6.07, 6.45) is 6.67. The second-order valence-electron chi connectivity index (χ2n) is 6.03. The van der Waals surface area contributed by atoms with Crippen molar-refractivity contribution in [3.05, 3.63) is 77.8 Å². The van der Waals surface area contributed by atoms with Gasteiger partial charge in [0.15, 0.2) is 11.6 Å². The first-order valence-corrected chi connectivity index (χ1v) is 8.50. The lowest BCUT2D eigenvalue weighted by Crippen LogP contribution is -2.08. The average Bonchev–Trinajstić information content (AvgIpc) is 2.68. The fraction of sp³-hybridized carbons (Fsp3) is 0.238. The van der Waals surface area contributed by atoms with Gasteiger partial charge in [-0.1, -0.05) is 42.5 Å². The Balaban J connectivity index is 2.01. The van der Waals surface area contributed by atoms with Crippen LogP contribution in [0, 0.1) is 5.82 Å². The number of anilines is 1. The standard InChI is InChI=1S/C21H24FN3O2/c1-5-16(7-6-15(2)3)14-27-21-24-13-19(22)20(25-21)23-12-17-8-10-18(26-4)11-9-17/h5-11,13H,1,12,14H2,2-4H3,(H,23,24,25)/b16-7+. The van der Waals surface area contributed by atoms with E-state index in [4.69, 9.17) is 9.47 Å². The number of nitrogens with zero attached hydrogens (tertiary/aromatic N) is 2. The minimum atomic E-state index is -0.542. The average molecular weight is 369 g/mol. The van der Waals surface area contributed by atoms with Gasteiger partial charge in [0, 0.05) is 6.54 Å². The number of halogens is 1. The Morgan fingerprint density at radius 1 is 1.22 bits per heavy atom. The lowest BCUT2D eigenvalue weighted by Gasteiger charge is -2.10. The van der Waals surface area contributed by atoms with Gasteiger partial charge in [0.2, 0.25) is 0 Å². The largest absolute Gasteiger partial charge is 0.497 e. The van der Waals surface area contributed by atoms with Crippen molar-refractivity contribution in [1.29, 1.82) is 0 Å². The highest BCUT2D eigenvalue weighted by Gasteiger charge is 2.08. The molecule has 0 atom stereocenters. The van der Waals surface area contributed by atoms with E-state index in [1.807, 2.05) is 50.3 Å². The Morgan fingerprint density at radius 3 is 2.59 bits per heavy atom. The minimum absolute atomic E-state index is 0.0873. The highest BCUT2D eigenvalue weighted by Crippen LogP contribution is 2.17. The summed E-state index contributed by atoms with van der Waals surface area (Å²) in [5.74, 6) is 0.311. The van der Waals surface area contributed by atoms with Gasteiger partial charge in [-0.25, -0.2) is 9.37 Å². The van der Waals surface area contributed by atoms with Crippen molar-refractivity contribution in [2.24, 2.45) is 0 Å². The number of methoxy groups -OCH3 is 1. The van der Waals surface area contributed by atoms with Crippen molar-refractivity contribution < 1.29 is 13.9 Å². The summed E-state index contributed by atoms with van der Waals surface area (Å²) in [6, 6.07) is 7.58. The third-order valence-electron chi connectivity index (χ3n) is 3.60. The van der Waals surface area contributed by atoms with Crippen LogP contribution >= 0.6 is 0 Å². The van der Waals surface area contributed by atoms with E-state index in [1.54, 1.807) is 13.2 Å². The molecule has 0 fully saturated rings. The van der Waals surface area contributed by atoms with Gasteiger partial charge in [-0.2, -0.15) is 4.98 Å². The first-order chi connectivity index (χ1) is 13.0. The van der Waals surface area contributed by atoms with Crippen LogP contribution in [0.25, 0.3) is 0 Å². The van der Waals surface area contributed by atoms with E-state index >= 15 is 0 Å². The number of nitrogens with one attached hydrogen (secondary N) is 1. The molecule has 0 bridgehead atoms. The van der Waals surface area contributed by atoms with E-state index in [9.17, 15) is 4.39 Å². The van der Waals surface area contributed by atoms with Gasteiger partial charge in [-0.05, 0) is 37.1 Å². The zero-order valence-electron chi connectivity index (χ0n) is 15.8. The molecule has 0 aliphatic heterocycles. The second kappa shape index (κ2) is 10.1. The minimum Gasteiger partial charge on any atom is -0.497 e. The summed E-state index contributed by atoms with van der Waals surface area (Å²) >= 11 is 0. The maximum Gasteiger partial charge on any atom is 0.318 e. The molecule has 2 aromatic rings. The molecule has 27 heavy (non-hydrogen) atoms. The fourth-order valence-corrected chi connectivity index (χ4v) is 2.07. The molecule has 1 heterocycles. The Kier molecular flexibility index (Phi) is 7.55. The first kappa shape index (κ1) is 20.2. The summed E-state index contributed by atoms with van der Waals surface area (Å²) in [6.45, 7) is 8.42. The third-order valence-corrected chi connectivity index (χ3v) is 3.60. The molecular weight excluding hydrogens is 345 g/mol. The number of aromatic nitrogens is 2. The van der Waals surface area contributed by atoms with E-state index in [1.165, 1.54) is 0 Å². The van der Waals surface area contributed by atoms with Gasteiger partial charge >= 0.3 is 6.01 Å². The maximum absolute atomic E-state index is 14.0. The van der Waals surface area contributed by atoms with E-state index in [-0.39, 0.29) is 18.4 Å². The molecule has 1 N–H and O–H groups in total. The van der Waals surface area contributed by atoms with Crippen LogP contribution in [0.3, 0.4) is 0 Å². The molecule has 1 aromatic heterocycles. The molecule has 1 aromatic carbocycles. The third kappa shape index (κ3) is 6.58. The number of allylic oxidation sites excluding steroid dienone is 3. The lowest BCUT2D eigenvalue weighted by molar-refractivity contribution is 0.325. The number of benzene rings is 1. The Morgan fingerprint density at radius 2 is 1.96 bits per heavy atom. The van der Waals surface area contributed by atoms with Crippen LogP contribution in [-0.4, -0.2) is 23.7 Å². The molecular formula is C21H24FN3O2. The smallest absolute Gasteiger partial charge is 0.318 e. The van der Waals surface area contributed by atoms with Crippen LogP contribution in [0.4, 0.5) is 10.2 Å². The summed E-state index contributed by atoms with van der Waals surface area (Å²) in [7, 11) is 1.61. The van der Waals surface area contributed by atoms with E-state index in [0.29, 0.717) is 6.54 Å². The van der Waals surface area contributed by atoms with Crippen molar-refractivity contribution in [2.45, 2.75) is 20.4 Å². The molecule has 5 nitrogen and oxygen atoms in total. The predicted molar refractivity (Wildman–Crippen MR) is 106 cm³/mol. The van der Waals surface area contributed by atoms with Gasteiger partial charge < -0.3 is 14.8 Å². The van der Waals surface area contributed by atoms with Gasteiger partial charge in [0.25, 0.3) is 0 Å². The molecule has 0 saturated heterocycles. The summed E-state index contributed by atoms with van der Waals surface area (Å²) in [5, 5.41) is 2.96. The van der Waals surface area contributed by atoms with Gasteiger partial charge in [0.1, 0.15) is 12.4 Å². The van der Waals surface area contributed by atoms with Crippen LogP contribution in [0.2, 0.25) is 0 Å². The molecule has 2 rings (SSSR count). The van der Waals surface area contributed by atoms with Gasteiger partial charge in [-0.3, -0.25) is 0 Å². The molecule has 0 unspecified atom stereocenters. The predicted octanol–water partition coefficient (Wildman–Crippen LogP) is 4.69. The summed E-state index contributed by atoms with van der Waals surface area (Å²) in [5.41, 5.74) is 3.00. The molecule has 142 valence electrons. The molecule has 0 radical (unpaired) electrons. The van der Waals surface area contributed by atoms with Crippen molar-refractivity contribution >= 4 is 5.82 Å². The quantitative estimate of drug-likeness (QED) is 0.650. The molecule has 0 saturated carbocycles. The normalized spacial score (nSPS) is 10.9. The Bertz CT molecular complexity index is 826. The molecule has 0 amide bonds. The zero-order valence-corrected chi connectivity index (χ0v) is 15.8. The van der Waals surface area contributed by atoms with Crippen LogP contribution in [0.15, 0.2) is 66.4 Å². The second-order valence-corrected chi connectivity index (χ2v) is 6.03. The van der Waals surface area contributed by atoms with Crippen molar-refractivity contribution in [1.82, 2.24) is 9.97 Å². The fourth-order valence-electron chi connectivity index (χ4n) is 2.07. The number of rotatable bonds is 9. The lowest BCUT2D eigenvalue weighted by atomic mass is 10.2. The SMILES string of the molecule is C=C/C(=C\C=C(C)C)COc1ncc(F)c(NCc2ccc(OC)cc2)n1. The van der Waals surface area contributed by atoms with Crippen LogP contribution in [-0.2, 0) is 6.54 Å². The number of ether oxygens (including phenoxy) is 2. The van der Waals surface area contributed by atoms with E-state index in [2.05, 4.69) is 21.9 Å². The van der Waals surface area contributed by atoms with Gasteiger partial charge in [-0.15, -0.1) is 0 Å². The van der Waals surface area contributed by atoms with Crippen LogP contribution in [0.5, 0.6) is 11.8 Å². The first-order valence-electron chi connectivity index (χ1n) is 8.50. The van der Waals surface area contributed by atoms with E-state index < -0.39 is 5.82 Å². The van der Waals surface area contributed by atoms with Gasteiger partial charge in [0.05, 0.1) is 13.3 Å². The maximum atomic E-state index is 14.0. The van der Waals surface area contributed by atoms with Crippen LogP contribution in [0.1, 0.15) is 19.4 Å². The summed E-state index contributed by atoms with van der Waals surface area (Å²) < 4.78 is 24.6. The molecule has 6 heteroatoms. The highest BCUT2D eigenvalue weighted by molar-refractivity contribution is 5.38. The monoisotopic (exact) mass is 369 g/mol. The van der Waals surface area contributed by atoms with Crippen LogP contribution < -0.4 is 14.8 Å². The Hall–Kier alpha value is -3.15.